The van der Waals surface area contributed by atoms with Gasteiger partial charge in [-0.1, -0.05) is 13.8 Å². The summed E-state index contributed by atoms with van der Waals surface area (Å²) in [6.45, 7) is 9.28. The van der Waals surface area contributed by atoms with E-state index >= 15 is 0 Å². The molecule has 2 atom stereocenters. The van der Waals surface area contributed by atoms with Gasteiger partial charge in [-0.3, -0.25) is 4.79 Å². The van der Waals surface area contributed by atoms with Crippen LogP contribution >= 0.6 is 0 Å². The maximum atomic E-state index is 12.5. The molecule has 0 bridgehead atoms. The highest BCUT2D eigenvalue weighted by Crippen LogP contribution is 2.50. The first kappa shape index (κ1) is 15.4. The van der Waals surface area contributed by atoms with Crippen molar-refractivity contribution in [3.8, 4) is 0 Å². The van der Waals surface area contributed by atoms with Gasteiger partial charge in [-0.25, -0.2) is 0 Å². The highest BCUT2D eigenvalue weighted by Gasteiger charge is 2.63. The second kappa shape index (κ2) is 5.55. The second-order valence-corrected chi connectivity index (χ2v) is 5.45. The summed E-state index contributed by atoms with van der Waals surface area (Å²) in [5.74, 6) is -0.0833. The largest absolute Gasteiger partial charge is 0.395 e. The topological polar surface area (TPSA) is 75.8 Å². The highest BCUT2D eigenvalue weighted by molar-refractivity contribution is 5.88. The van der Waals surface area contributed by atoms with Gasteiger partial charge < -0.3 is 20.5 Å². The lowest BCUT2D eigenvalue weighted by Crippen LogP contribution is -2.76. The normalized spacial score (nSPS) is 29.8. The molecule has 106 valence electrons. The maximum absolute atomic E-state index is 12.5. The van der Waals surface area contributed by atoms with Crippen LogP contribution in [-0.4, -0.2) is 53.9 Å². The fourth-order valence-electron chi connectivity index (χ4n) is 2.60. The first-order valence-electron chi connectivity index (χ1n) is 6.65. The molecule has 0 aromatic rings. The SMILES string of the molecule is CCOC1CC(N)(C(=O)N(CC)CCO)C1(C)C. The number of rotatable bonds is 6. The number of aliphatic hydroxyl groups is 1. The number of hydrogen-bond donors (Lipinski definition) is 2. The Morgan fingerprint density at radius 3 is 2.50 bits per heavy atom. The minimum atomic E-state index is -0.877. The zero-order valence-corrected chi connectivity index (χ0v) is 11.9. The number of aliphatic hydroxyl groups excluding tert-OH is 1. The van der Waals surface area contributed by atoms with E-state index in [4.69, 9.17) is 15.6 Å². The van der Waals surface area contributed by atoms with Crippen LogP contribution in [0.2, 0.25) is 0 Å². The Kier molecular flexibility index (Phi) is 4.75. The molecule has 18 heavy (non-hydrogen) atoms. The zero-order chi connectivity index (χ0) is 14.0. The summed E-state index contributed by atoms with van der Waals surface area (Å²) >= 11 is 0. The summed E-state index contributed by atoms with van der Waals surface area (Å²) < 4.78 is 5.61. The summed E-state index contributed by atoms with van der Waals surface area (Å²) in [5, 5.41) is 8.98. The third kappa shape index (κ3) is 2.27. The van der Waals surface area contributed by atoms with Crippen molar-refractivity contribution in [2.45, 2.75) is 45.8 Å². The lowest BCUT2D eigenvalue weighted by molar-refractivity contribution is -0.179. The van der Waals surface area contributed by atoms with E-state index < -0.39 is 5.54 Å². The van der Waals surface area contributed by atoms with Gasteiger partial charge in [-0.05, 0) is 13.8 Å². The van der Waals surface area contributed by atoms with Crippen LogP contribution < -0.4 is 5.73 Å². The van der Waals surface area contributed by atoms with Gasteiger partial charge >= 0.3 is 0 Å². The molecular weight excluding hydrogens is 232 g/mol. The number of ether oxygens (including phenoxy) is 1. The van der Waals surface area contributed by atoms with Crippen molar-refractivity contribution in [2.75, 3.05) is 26.3 Å². The molecule has 0 aliphatic heterocycles. The number of nitrogens with two attached hydrogens (primary N) is 1. The molecule has 1 saturated carbocycles. The van der Waals surface area contributed by atoms with Gasteiger partial charge in [0.15, 0.2) is 0 Å². The highest BCUT2D eigenvalue weighted by atomic mass is 16.5. The number of carbonyl (C=O) groups is 1. The van der Waals surface area contributed by atoms with Crippen molar-refractivity contribution < 1.29 is 14.6 Å². The van der Waals surface area contributed by atoms with Gasteiger partial charge in [0.2, 0.25) is 5.91 Å². The quantitative estimate of drug-likeness (QED) is 0.721. The Bertz CT molecular complexity index is 307. The third-order valence-electron chi connectivity index (χ3n) is 4.25. The van der Waals surface area contributed by atoms with Crippen LogP contribution in [0.5, 0.6) is 0 Å². The van der Waals surface area contributed by atoms with Crippen LogP contribution in [0.25, 0.3) is 0 Å². The van der Waals surface area contributed by atoms with E-state index in [1.807, 2.05) is 27.7 Å². The van der Waals surface area contributed by atoms with Crippen LogP contribution in [-0.2, 0) is 9.53 Å². The Hall–Kier alpha value is -0.650. The van der Waals surface area contributed by atoms with E-state index in [-0.39, 0.29) is 24.0 Å². The van der Waals surface area contributed by atoms with Gasteiger partial charge in [-0.15, -0.1) is 0 Å². The van der Waals surface area contributed by atoms with Crippen LogP contribution in [0.15, 0.2) is 0 Å². The molecule has 1 rings (SSSR count). The van der Waals surface area contributed by atoms with Crippen molar-refractivity contribution in [3.63, 3.8) is 0 Å². The van der Waals surface area contributed by atoms with Crippen LogP contribution in [0, 0.1) is 5.41 Å². The van der Waals surface area contributed by atoms with Crippen LogP contribution in [0.1, 0.15) is 34.1 Å². The van der Waals surface area contributed by atoms with Gasteiger partial charge in [0.25, 0.3) is 0 Å². The van der Waals surface area contributed by atoms with Gasteiger partial charge in [0.05, 0.1) is 12.7 Å². The molecule has 1 amide bonds. The number of amides is 1. The molecule has 0 aromatic carbocycles. The van der Waals surface area contributed by atoms with E-state index in [2.05, 4.69) is 0 Å². The Balaban J connectivity index is 2.79. The molecule has 2 unspecified atom stereocenters. The Labute approximate surface area is 109 Å². The van der Waals surface area contributed by atoms with Crippen molar-refractivity contribution >= 4 is 5.91 Å². The van der Waals surface area contributed by atoms with E-state index in [9.17, 15) is 4.79 Å². The first-order valence-corrected chi connectivity index (χ1v) is 6.65. The van der Waals surface area contributed by atoms with Gasteiger partial charge in [0, 0.05) is 31.5 Å². The van der Waals surface area contributed by atoms with Crippen molar-refractivity contribution in [1.29, 1.82) is 0 Å². The predicted octanol–water partition coefficient (Wildman–Crippen LogP) is 0.360. The standard InChI is InChI=1S/C13H26N2O3/c1-5-15(7-8-16)11(17)13(14)9-10(18-6-2)12(13,3)4/h10,16H,5-9,14H2,1-4H3. The van der Waals surface area contributed by atoms with E-state index in [0.29, 0.717) is 26.1 Å². The lowest BCUT2D eigenvalue weighted by Gasteiger charge is -2.58. The second-order valence-electron chi connectivity index (χ2n) is 5.45. The zero-order valence-electron chi connectivity index (χ0n) is 11.9. The molecule has 0 aromatic heterocycles. The maximum Gasteiger partial charge on any atom is 0.243 e. The van der Waals surface area contributed by atoms with E-state index in [1.165, 1.54) is 0 Å². The number of likely N-dealkylation sites (N-methyl/N-ethyl adjacent to an activating group) is 1. The predicted molar refractivity (Wildman–Crippen MR) is 70.1 cm³/mol. The van der Waals surface area contributed by atoms with Crippen LogP contribution in [0.3, 0.4) is 0 Å². The molecule has 0 radical (unpaired) electrons. The Morgan fingerprint density at radius 2 is 2.11 bits per heavy atom. The minimum absolute atomic E-state index is 0.0317. The summed E-state index contributed by atoms with van der Waals surface area (Å²) in [6, 6.07) is 0. The van der Waals surface area contributed by atoms with E-state index in [1.54, 1.807) is 4.90 Å². The molecule has 5 nitrogen and oxygen atoms in total. The number of nitrogens with zero attached hydrogens (tertiary/aromatic N) is 1. The summed E-state index contributed by atoms with van der Waals surface area (Å²) in [5.41, 5.74) is 5.05. The molecule has 5 heteroatoms. The number of hydrogen-bond acceptors (Lipinski definition) is 4. The fourth-order valence-corrected chi connectivity index (χ4v) is 2.60. The Morgan fingerprint density at radius 1 is 1.50 bits per heavy atom. The van der Waals surface area contributed by atoms with Crippen molar-refractivity contribution in [3.05, 3.63) is 0 Å². The molecular formula is C13H26N2O3. The smallest absolute Gasteiger partial charge is 0.243 e. The summed E-state index contributed by atoms with van der Waals surface area (Å²) in [4.78, 5) is 14.1. The van der Waals surface area contributed by atoms with Gasteiger partial charge in [0.1, 0.15) is 5.54 Å². The van der Waals surface area contributed by atoms with Crippen LogP contribution in [0.4, 0.5) is 0 Å². The first-order chi connectivity index (χ1) is 8.35. The number of carbonyl (C=O) groups excluding carboxylic acids is 1. The fraction of sp³-hybridized carbons (Fsp3) is 0.923. The molecule has 1 aliphatic carbocycles. The molecule has 1 aliphatic rings. The lowest BCUT2D eigenvalue weighted by atomic mass is 9.54. The van der Waals surface area contributed by atoms with Crippen molar-refractivity contribution in [1.82, 2.24) is 4.90 Å². The third-order valence-corrected chi connectivity index (χ3v) is 4.25. The summed E-state index contributed by atoms with van der Waals surface area (Å²) in [7, 11) is 0. The average molecular weight is 258 g/mol. The molecule has 0 saturated heterocycles. The minimum Gasteiger partial charge on any atom is -0.395 e. The molecule has 0 heterocycles. The summed E-state index contributed by atoms with van der Waals surface area (Å²) in [6.07, 6.45) is 0.582. The van der Waals surface area contributed by atoms with Crippen molar-refractivity contribution in [2.24, 2.45) is 11.1 Å². The van der Waals surface area contributed by atoms with Gasteiger partial charge in [-0.2, -0.15) is 0 Å². The monoisotopic (exact) mass is 258 g/mol. The average Bonchev–Trinajstić information content (AvgIpc) is 2.34. The molecule has 3 N–H and O–H groups in total. The molecule has 1 fully saturated rings. The molecule has 0 spiro atoms. The van der Waals surface area contributed by atoms with E-state index in [0.717, 1.165) is 0 Å².